The van der Waals surface area contributed by atoms with E-state index in [9.17, 15) is 19.5 Å². The average molecular weight is 418 g/mol. The van der Waals surface area contributed by atoms with Gasteiger partial charge in [-0.1, -0.05) is 0 Å². The van der Waals surface area contributed by atoms with E-state index >= 15 is 0 Å². The highest BCUT2D eigenvalue weighted by Crippen LogP contribution is 2.33. The average Bonchev–Trinajstić information content (AvgIpc) is 2.87. The van der Waals surface area contributed by atoms with Crippen LogP contribution in [0, 0.1) is 3.57 Å². The van der Waals surface area contributed by atoms with E-state index in [2.05, 4.69) is 27.6 Å². The largest absolute Gasteiger partial charge is 0.478 e. The highest BCUT2D eigenvalue weighted by atomic mass is 127. The fourth-order valence-electron chi connectivity index (χ4n) is 2.91. The molecule has 0 saturated carbocycles. The van der Waals surface area contributed by atoms with Crippen LogP contribution in [0.4, 0.5) is 0 Å². The van der Waals surface area contributed by atoms with Crippen molar-refractivity contribution in [3.8, 4) is 0 Å². The number of pyridine rings is 2. The first-order chi connectivity index (χ1) is 11.0. The Labute approximate surface area is 142 Å². The number of nitrogens with zero attached hydrogens (tertiary/aromatic N) is 2. The van der Waals surface area contributed by atoms with Crippen LogP contribution in [0.2, 0.25) is 0 Å². The van der Waals surface area contributed by atoms with Gasteiger partial charge in [0.25, 0.3) is 0 Å². The van der Waals surface area contributed by atoms with Crippen LogP contribution in [0.15, 0.2) is 36.7 Å². The molecule has 3 aromatic heterocycles. The summed E-state index contributed by atoms with van der Waals surface area (Å²) in [6.07, 6.45) is 3.04. The Morgan fingerprint density at radius 3 is 2.74 bits per heavy atom. The quantitative estimate of drug-likeness (QED) is 0.480. The second-order valence-corrected chi connectivity index (χ2v) is 6.31. The lowest BCUT2D eigenvalue weighted by Gasteiger charge is -2.14. The van der Waals surface area contributed by atoms with Gasteiger partial charge in [0, 0.05) is 16.0 Å². The summed E-state index contributed by atoms with van der Waals surface area (Å²) in [5.74, 6) is -2.17. The Morgan fingerprint density at radius 1 is 1.22 bits per heavy atom. The summed E-state index contributed by atoms with van der Waals surface area (Å²) in [5, 5.41) is 9.58. The first-order valence-corrected chi connectivity index (χ1v) is 7.70. The number of fused-ring (bicyclic) bond motifs is 4. The number of carboxylic acids is 1. The van der Waals surface area contributed by atoms with Gasteiger partial charge in [-0.15, -0.1) is 0 Å². The maximum atomic E-state index is 12.8. The molecule has 6 nitrogen and oxygen atoms in total. The van der Waals surface area contributed by atoms with Crippen molar-refractivity contribution in [2.24, 2.45) is 0 Å². The van der Waals surface area contributed by atoms with Crippen LogP contribution in [0.25, 0.3) is 5.52 Å². The lowest BCUT2D eigenvalue weighted by molar-refractivity contribution is 0.0695. The lowest BCUT2D eigenvalue weighted by Crippen LogP contribution is -2.23. The number of ketones is 2. The molecule has 0 aliphatic heterocycles. The second-order valence-electron chi connectivity index (χ2n) is 5.06. The first-order valence-electron chi connectivity index (χ1n) is 6.62. The monoisotopic (exact) mass is 418 g/mol. The number of carboxylic acid groups (broad SMARTS) is 1. The Bertz CT molecular complexity index is 1050. The molecular weight excluding hydrogens is 411 g/mol. The molecule has 0 spiro atoms. The van der Waals surface area contributed by atoms with E-state index in [4.69, 9.17) is 0 Å². The standard InChI is InChI=1S/C16H7IN2O4/c17-7-3-5-19-9(6-7)10(16(22)23)11-13(19)15(21)12-8(14(11)20)2-1-4-18-12/h1-6H,(H,22,23). The third-order valence-corrected chi connectivity index (χ3v) is 4.50. The normalized spacial score (nSPS) is 13.1. The zero-order valence-corrected chi connectivity index (χ0v) is 13.6. The minimum absolute atomic E-state index is 0.0555. The molecule has 0 radical (unpaired) electrons. The third-order valence-electron chi connectivity index (χ3n) is 3.82. The molecule has 0 amide bonds. The summed E-state index contributed by atoms with van der Waals surface area (Å²) in [4.78, 5) is 41.2. The number of carbonyl (C=O) groups excluding carboxylic acids is 2. The van der Waals surface area contributed by atoms with Crippen LogP contribution >= 0.6 is 22.6 Å². The first kappa shape index (κ1) is 14.1. The van der Waals surface area contributed by atoms with Crippen LogP contribution in [0.5, 0.6) is 0 Å². The van der Waals surface area contributed by atoms with Crippen LogP contribution in [-0.2, 0) is 0 Å². The number of hydrogen-bond donors (Lipinski definition) is 1. The predicted octanol–water partition coefficient (Wildman–Crippen LogP) is 2.41. The summed E-state index contributed by atoms with van der Waals surface area (Å²) in [7, 11) is 0. The Morgan fingerprint density at radius 2 is 2.00 bits per heavy atom. The van der Waals surface area contributed by atoms with E-state index in [1.807, 2.05) is 0 Å². The lowest BCUT2D eigenvalue weighted by atomic mass is 9.89. The molecule has 0 saturated heterocycles. The highest BCUT2D eigenvalue weighted by molar-refractivity contribution is 14.1. The molecule has 0 aromatic carbocycles. The summed E-state index contributed by atoms with van der Waals surface area (Å²) in [6, 6.07) is 6.42. The fourth-order valence-corrected chi connectivity index (χ4v) is 3.36. The number of aromatic nitrogens is 2. The Hall–Kier alpha value is -2.55. The number of halogens is 1. The zero-order valence-electron chi connectivity index (χ0n) is 11.4. The molecule has 23 heavy (non-hydrogen) atoms. The van der Waals surface area contributed by atoms with Crippen molar-refractivity contribution in [2.45, 2.75) is 0 Å². The van der Waals surface area contributed by atoms with Gasteiger partial charge in [-0.3, -0.25) is 14.6 Å². The third kappa shape index (κ3) is 1.79. The number of aromatic carboxylic acids is 1. The van der Waals surface area contributed by atoms with E-state index in [-0.39, 0.29) is 28.1 Å². The van der Waals surface area contributed by atoms with Gasteiger partial charge in [0.15, 0.2) is 5.78 Å². The van der Waals surface area contributed by atoms with Crippen molar-refractivity contribution in [3.63, 3.8) is 0 Å². The van der Waals surface area contributed by atoms with Gasteiger partial charge in [0.05, 0.1) is 22.2 Å². The van der Waals surface area contributed by atoms with Gasteiger partial charge in [0.2, 0.25) is 5.78 Å². The smallest absolute Gasteiger partial charge is 0.338 e. The number of rotatable bonds is 1. The van der Waals surface area contributed by atoms with Crippen LogP contribution < -0.4 is 0 Å². The van der Waals surface area contributed by atoms with Crippen LogP contribution in [0.1, 0.15) is 42.5 Å². The molecule has 0 fully saturated rings. The zero-order chi connectivity index (χ0) is 16.3. The maximum Gasteiger partial charge on any atom is 0.338 e. The van der Waals surface area contributed by atoms with E-state index in [1.165, 1.54) is 16.7 Å². The van der Waals surface area contributed by atoms with E-state index in [0.29, 0.717) is 5.52 Å². The topological polar surface area (TPSA) is 88.7 Å². The molecule has 3 heterocycles. The molecule has 4 rings (SSSR count). The van der Waals surface area contributed by atoms with Crippen LogP contribution in [0.3, 0.4) is 0 Å². The Balaban J connectivity index is 2.20. The predicted molar refractivity (Wildman–Crippen MR) is 88.2 cm³/mol. The van der Waals surface area contributed by atoms with Gasteiger partial charge in [0.1, 0.15) is 11.4 Å². The van der Waals surface area contributed by atoms with E-state index < -0.39 is 17.5 Å². The van der Waals surface area contributed by atoms with Gasteiger partial charge in [-0.05, 0) is 46.9 Å². The SMILES string of the molecule is O=C1c2cccnc2C(=O)c2c1c(C(=O)O)c1cc(I)ccn21. The highest BCUT2D eigenvalue weighted by Gasteiger charge is 2.38. The van der Waals surface area contributed by atoms with Crippen molar-refractivity contribution in [1.82, 2.24) is 9.38 Å². The van der Waals surface area contributed by atoms with Crippen molar-refractivity contribution in [3.05, 3.63) is 68.3 Å². The summed E-state index contributed by atoms with van der Waals surface area (Å²) in [6.45, 7) is 0. The molecular formula is C16H7IN2O4. The minimum atomic E-state index is -1.24. The molecule has 7 heteroatoms. The summed E-state index contributed by atoms with van der Waals surface area (Å²) in [5.41, 5.74) is 0.364. The Kier molecular flexibility index (Phi) is 2.89. The van der Waals surface area contributed by atoms with Gasteiger partial charge >= 0.3 is 5.97 Å². The second kappa shape index (κ2) is 4.72. The molecule has 1 aliphatic carbocycles. The fraction of sp³-hybridized carbons (Fsp3) is 0. The molecule has 1 N–H and O–H groups in total. The molecule has 112 valence electrons. The van der Waals surface area contributed by atoms with Crippen molar-refractivity contribution >= 4 is 45.6 Å². The van der Waals surface area contributed by atoms with Crippen molar-refractivity contribution < 1.29 is 19.5 Å². The molecule has 0 unspecified atom stereocenters. The van der Waals surface area contributed by atoms with E-state index in [1.54, 1.807) is 24.4 Å². The minimum Gasteiger partial charge on any atom is -0.478 e. The molecule has 3 aromatic rings. The summed E-state index contributed by atoms with van der Waals surface area (Å²) < 4.78 is 2.27. The van der Waals surface area contributed by atoms with Gasteiger partial charge < -0.3 is 9.51 Å². The maximum absolute atomic E-state index is 12.8. The molecule has 1 aliphatic rings. The van der Waals surface area contributed by atoms with Crippen molar-refractivity contribution in [1.29, 1.82) is 0 Å². The number of hydrogen-bond acceptors (Lipinski definition) is 4. The van der Waals surface area contributed by atoms with Gasteiger partial charge in [-0.2, -0.15) is 0 Å². The van der Waals surface area contributed by atoms with E-state index in [0.717, 1.165) is 3.57 Å². The molecule has 0 atom stereocenters. The number of carbonyl (C=O) groups is 3. The summed E-state index contributed by atoms with van der Waals surface area (Å²) >= 11 is 2.05. The molecule has 0 bridgehead atoms. The van der Waals surface area contributed by atoms with Crippen molar-refractivity contribution in [2.75, 3.05) is 0 Å². The van der Waals surface area contributed by atoms with Gasteiger partial charge in [-0.25, -0.2) is 4.79 Å². The van der Waals surface area contributed by atoms with Crippen LogP contribution in [-0.4, -0.2) is 32.0 Å².